The Kier molecular flexibility index (Phi) is 7.58. The predicted octanol–water partition coefficient (Wildman–Crippen LogP) is 4.68. The van der Waals surface area contributed by atoms with Crippen LogP contribution in [0.3, 0.4) is 0 Å². The third kappa shape index (κ3) is 5.76. The average Bonchev–Trinajstić information content (AvgIpc) is 3.42. The number of nitrogens with one attached hydrogen (secondary N) is 2. The molecule has 8 nitrogen and oxygen atoms in total. The molecule has 4 heterocycles. The van der Waals surface area contributed by atoms with Crippen LogP contribution in [0.25, 0.3) is 33.7 Å². The van der Waals surface area contributed by atoms with Crippen molar-refractivity contribution in [3.05, 3.63) is 60.3 Å². The van der Waals surface area contributed by atoms with E-state index in [-0.39, 0.29) is 12.6 Å². The molecule has 2 saturated heterocycles. The van der Waals surface area contributed by atoms with Gasteiger partial charge in [0.2, 0.25) is 0 Å². The molecule has 0 aliphatic carbocycles. The summed E-state index contributed by atoms with van der Waals surface area (Å²) in [6.07, 6.45) is 1.45. The Morgan fingerprint density at radius 3 is 2.48 bits per heavy atom. The molecule has 0 unspecified atom stereocenters. The van der Waals surface area contributed by atoms with Gasteiger partial charge in [0.05, 0.1) is 12.1 Å². The number of aromatic nitrogens is 3. The number of piperazine rings is 1. The van der Waals surface area contributed by atoms with Crippen LogP contribution in [-0.2, 0) is 0 Å². The lowest BCUT2D eigenvalue weighted by Crippen LogP contribution is -2.47. The standard InChI is InChI=1S/C30H31F2N7O/c31-28(32)19-38-11-13-39(14-12-38)24-4-1-20(2-5-24)26-16-23-18-35-29(37-30(23)36-26)21-3-6-27(22(15-21)17-33)40-25-7-9-34-10-8-25/h1-6,15-16,18,25,28,34H,7-14,19H2,(H,35,36,37). The van der Waals surface area contributed by atoms with Crippen molar-refractivity contribution >= 4 is 16.7 Å². The van der Waals surface area contributed by atoms with E-state index in [1.54, 1.807) is 12.3 Å². The third-order valence-corrected chi connectivity index (χ3v) is 7.62. The summed E-state index contributed by atoms with van der Waals surface area (Å²) in [5.74, 6) is 1.13. The molecule has 0 saturated carbocycles. The number of fused-ring (bicyclic) bond motifs is 1. The molecule has 2 N–H and O–H groups in total. The third-order valence-electron chi connectivity index (χ3n) is 7.62. The van der Waals surface area contributed by atoms with E-state index < -0.39 is 6.43 Å². The topological polar surface area (TPSA) is 93.1 Å². The number of benzene rings is 2. The Labute approximate surface area is 231 Å². The molecule has 0 spiro atoms. The van der Waals surface area contributed by atoms with Crippen LogP contribution < -0.4 is 15.0 Å². The first-order valence-electron chi connectivity index (χ1n) is 13.7. The number of nitriles is 1. The number of rotatable bonds is 7. The Morgan fingerprint density at radius 1 is 1.00 bits per heavy atom. The van der Waals surface area contributed by atoms with Gasteiger partial charge in [-0.1, -0.05) is 12.1 Å². The minimum atomic E-state index is -2.29. The molecule has 0 amide bonds. The Bertz CT molecular complexity index is 1500. The van der Waals surface area contributed by atoms with Crippen molar-refractivity contribution in [3.63, 3.8) is 0 Å². The zero-order valence-electron chi connectivity index (χ0n) is 22.1. The van der Waals surface area contributed by atoms with E-state index in [9.17, 15) is 14.0 Å². The van der Waals surface area contributed by atoms with Gasteiger partial charge in [0.1, 0.15) is 23.6 Å². The SMILES string of the molecule is N#Cc1cc(-c2ncc3cc(-c4ccc(N5CCN(CC(F)F)CC5)cc4)[nH]c3n2)ccc1OC1CCNCC1. The molecule has 2 aliphatic heterocycles. The zero-order chi connectivity index (χ0) is 27.5. The number of hydrogen-bond donors (Lipinski definition) is 2. The molecule has 40 heavy (non-hydrogen) atoms. The molecule has 2 fully saturated rings. The lowest BCUT2D eigenvalue weighted by Gasteiger charge is -2.35. The number of ether oxygens (including phenoxy) is 1. The Hall–Kier alpha value is -4.07. The predicted molar refractivity (Wildman–Crippen MR) is 151 cm³/mol. The average molecular weight is 544 g/mol. The maximum Gasteiger partial charge on any atom is 0.251 e. The van der Waals surface area contributed by atoms with Gasteiger partial charge < -0.3 is 19.9 Å². The lowest BCUT2D eigenvalue weighted by atomic mass is 10.1. The van der Waals surface area contributed by atoms with Crippen LogP contribution in [0.2, 0.25) is 0 Å². The normalized spacial score (nSPS) is 16.9. The van der Waals surface area contributed by atoms with Crippen molar-refractivity contribution in [2.75, 3.05) is 50.7 Å². The highest BCUT2D eigenvalue weighted by Gasteiger charge is 2.20. The summed E-state index contributed by atoms with van der Waals surface area (Å²) in [4.78, 5) is 16.7. The molecule has 0 atom stereocenters. The van der Waals surface area contributed by atoms with E-state index in [0.29, 0.717) is 35.9 Å². The fourth-order valence-electron chi connectivity index (χ4n) is 5.40. The monoisotopic (exact) mass is 543 g/mol. The number of hydrogen-bond acceptors (Lipinski definition) is 7. The first-order chi connectivity index (χ1) is 19.6. The van der Waals surface area contributed by atoms with Crippen molar-refractivity contribution in [1.82, 2.24) is 25.2 Å². The lowest BCUT2D eigenvalue weighted by molar-refractivity contribution is 0.0854. The van der Waals surface area contributed by atoms with Crippen molar-refractivity contribution in [3.8, 4) is 34.5 Å². The first kappa shape index (κ1) is 26.2. The van der Waals surface area contributed by atoms with Gasteiger partial charge in [0.15, 0.2) is 5.82 Å². The van der Waals surface area contributed by atoms with Gasteiger partial charge >= 0.3 is 0 Å². The minimum Gasteiger partial charge on any atom is -0.489 e. The summed E-state index contributed by atoms with van der Waals surface area (Å²) in [5, 5.41) is 14.0. The van der Waals surface area contributed by atoms with Crippen LogP contribution in [0, 0.1) is 11.3 Å². The second-order valence-corrected chi connectivity index (χ2v) is 10.3. The highest BCUT2D eigenvalue weighted by Crippen LogP contribution is 2.29. The van der Waals surface area contributed by atoms with Crippen LogP contribution in [-0.4, -0.2) is 78.2 Å². The van der Waals surface area contributed by atoms with Gasteiger partial charge in [-0.15, -0.1) is 0 Å². The summed E-state index contributed by atoms with van der Waals surface area (Å²) in [6, 6.07) is 18.0. The second-order valence-electron chi connectivity index (χ2n) is 10.3. The maximum atomic E-state index is 12.7. The maximum absolute atomic E-state index is 12.7. The summed E-state index contributed by atoms with van der Waals surface area (Å²) in [6.45, 7) is 4.42. The van der Waals surface area contributed by atoms with E-state index in [2.05, 4.69) is 50.5 Å². The fraction of sp³-hybridized carbons (Fsp3) is 0.367. The van der Waals surface area contributed by atoms with Gasteiger partial charge in [0.25, 0.3) is 6.43 Å². The molecule has 0 radical (unpaired) electrons. The highest BCUT2D eigenvalue weighted by molar-refractivity contribution is 5.84. The van der Waals surface area contributed by atoms with E-state index in [4.69, 9.17) is 9.72 Å². The molecule has 4 aromatic rings. The minimum absolute atomic E-state index is 0.112. The van der Waals surface area contributed by atoms with Crippen molar-refractivity contribution in [1.29, 1.82) is 5.26 Å². The number of piperidine rings is 1. The van der Waals surface area contributed by atoms with Crippen LogP contribution in [0.5, 0.6) is 5.75 Å². The quantitative estimate of drug-likeness (QED) is 0.350. The van der Waals surface area contributed by atoms with Crippen molar-refractivity contribution in [2.24, 2.45) is 0 Å². The van der Waals surface area contributed by atoms with Gasteiger partial charge in [-0.05, 0) is 67.9 Å². The summed E-state index contributed by atoms with van der Waals surface area (Å²) >= 11 is 0. The molecular weight excluding hydrogens is 512 g/mol. The number of aromatic amines is 1. The van der Waals surface area contributed by atoms with Crippen molar-refractivity contribution in [2.45, 2.75) is 25.4 Å². The molecular formula is C30H31F2N7O. The van der Waals surface area contributed by atoms with Crippen LogP contribution in [0.4, 0.5) is 14.5 Å². The Morgan fingerprint density at radius 2 is 1.75 bits per heavy atom. The second kappa shape index (κ2) is 11.6. The molecule has 0 bridgehead atoms. The first-order valence-corrected chi connectivity index (χ1v) is 13.7. The summed E-state index contributed by atoms with van der Waals surface area (Å²) in [7, 11) is 0. The molecule has 10 heteroatoms. The molecule has 2 aliphatic rings. The van der Waals surface area contributed by atoms with Crippen molar-refractivity contribution < 1.29 is 13.5 Å². The van der Waals surface area contributed by atoms with Crippen LogP contribution >= 0.6 is 0 Å². The summed E-state index contributed by atoms with van der Waals surface area (Å²) in [5.41, 5.74) is 4.98. The van der Waals surface area contributed by atoms with E-state index in [1.807, 2.05) is 23.1 Å². The molecule has 206 valence electrons. The zero-order valence-corrected chi connectivity index (χ0v) is 22.1. The van der Waals surface area contributed by atoms with E-state index in [0.717, 1.165) is 66.9 Å². The van der Waals surface area contributed by atoms with Crippen LogP contribution in [0.15, 0.2) is 54.7 Å². The molecule has 2 aromatic heterocycles. The summed E-state index contributed by atoms with van der Waals surface area (Å²) < 4.78 is 31.4. The number of anilines is 1. The smallest absolute Gasteiger partial charge is 0.251 e. The largest absolute Gasteiger partial charge is 0.489 e. The molecule has 6 rings (SSSR count). The van der Waals surface area contributed by atoms with Gasteiger partial charge in [-0.25, -0.2) is 18.7 Å². The fourth-order valence-corrected chi connectivity index (χ4v) is 5.40. The number of alkyl halides is 2. The number of H-pyrrole nitrogens is 1. The van der Waals surface area contributed by atoms with Gasteiger partial charge in [-0.3, -0.25) is 4.90 Å². The van der Waals surface area contributed by atoms with E-state index in [1.165, 1.54) is 0 Å². The number of halogens is 2. The number of nitrogens with zero attached hydrogens (tertiary/aromatic N) is 5. The Balaban J connectivity index is 1.16. The molecule has 2 aromatic carbocycles. The van der Waals surface area contributed by atoms with E-state index >= 15 is 0 Å². The van der Waals surface area contributed by atoms with Gasteiger partial charge in [-0.2, -0.15) is 5.26 Å². The van der Waals surface area contributed by atoms with Crippen LogP contribution in [0.1, 0.15) is 18.4 Å². The van der Waals surface area contributed by atoms with Gasteiger partial charge in [0, 0.05) is 54.7 Å². The highest BCUT2D eigenvalue weighted by atomic mass is 19.3.